The average Bonchev–Trinajstić information content (AvgIpc) is 2.15. The zero-order chi connectivity index (χ0) is 11.1. The van der Waals surface area contributed by atoms with Crippen LogP contribution in [0.3, 0.4) is 0 Å². The quantitative estimate of drug-likeness (QED) is 0.651. The van der Waals surface area contributed by atoms with Gasteiger partial charge in [0.15, 0.2) is 0 Å². The molecule has 0 spiro atoms. The van der Waals surface area contributed by atoms with E-state index in [1.807, 2.05) is 6.92 Å². The Morgan fingerprint density at radius 1 is 1.50 bits per heavy atom. The van der Waals surface area contributed by atoms with Crippen molar-refractivity contribution in [3.05, 3.63) is 0 Å². The zero-order valence-corrected chi connectivity index (χ0v) is 8.91. The van der Waals surface area contributed by atoms with Gasteiger partial charge in [-0.05, 0) is 13.3 Å². The number of likely N-dealkylation sites (N-methyl/N-ethyl adjacent to an activating group) is 1. The van der Waals surface area contributed by atoms with Gasteiger partial charge in [-0.3, -0.25) is 0 Å². The van der Waals surface area contributed by atoms with Gasteiger partial charge in [0.2, 0.25) is 0 Å². The number of nitrogens with one attached hydrogen (secondary N) is 1. The predicted molar refractivity (Wildman–Crippen MR) is 53.2 cm³/mol. The maximum Gasteiger partial charge on any atom is 0.326 e. The number of carboxylic acids is 1. The van der Waals surface area contributed by atoms with Crippen LogP contribution < -0.4 is 5.32 Å². The van der Waals surface area contributed by atoms with Crippen LogP contribution in [-0.2, 0) is 4.79 Å². The summed E-state index contributed by atoms with van der Waals surface area (Å²) in [6, 6.07) is -1.13. The molecule has 0 aliphatic heterocycles. The zero-order valence-electron chi connectivity index (χ0n) is 8.91. The van der Waals surface area contributed by atoms with Gasteiger partial charge in [0.05, 0.1) is 0 Å². The van der Waals surface area contributed by atoms with Crippen molar-refractivity contribution in [3.63, 3.8) is 0 Å². The van der Waals surface area contributed by atoms with E-state index in [4.69, 9.17) is 5.11 Å². The van der Waals surface area contributed by atoms with Gasteiger partial charge in [0.25, 0.3) is 0 Å². The molecular formula is C9H18N2O3. The molecule has 14 heavy (non-hydrogen) atoms. The van der Waals surface area contributed by atoms with Crippen molar-refractivity contribution in [3.8, 4) is 0 Å². The molecule has 1 atom stereocenters. The van der Waals surface area contributed by atoms with E-state index in [0.29, 0.717) is 6.54 Å². The van der Waals surface area contributed by atoms with E-state index >= 15 is 0 Å². The molecule has 5 nitrogen and oxygen atoms in total. The topological polar surface area (TPSA) is 69.6 Å². The van der Waals surface area contributed by atoms with Crippen LogP contribution in [0.4, 0.5) is 4.79 Å². The number of amides is 2. The summed E-state index contributed by atoms with van der Waals surface area (Å²) in [4.78, 5) is 23.0. The molecule has 0 aromatic carbocycles. The molecule has 0 rings (SSSR count). The summed E-state index contributed by atoms with van der Waals surface area (Å²) in [5.41, 5.74) is 0. The maximum atomic E-state index is 11.3. The first-order valence-electron chi connectivity index (χ1n) is 4.74. The summed E-state index contributed by atoms with van der Waals surface area (Å²) in [6.45, 7) is 4.09. The van der Waals surface area contributed by atoms with E-state index in [2.05, 4.69) is 5.32 Å². The number of hydrogen-bond donors (Lipinski definition) is 2. The van der Waals surface area contributed by atoms with Crippen LogP contribution in [-0.4, -0.2) is 41.6 Å². The second-order valence-corrected chi connectivity index (χ2v) is 3.21. The highest BCUT2D eigenvalue weighted by Gasteiger charge is 2.20. The Balaban J connectivity index is 3.92. The Bertz CT molecular complexity index is 206. The lowest BCUT2D eigenvalue weighted by atomic mass is 10.3. The minimum Gasteiger partial charge on any atom is -0.480 e. The Kier molecular flexibility index (Phi) is 5.67. The van der Waals surface area contributed by atoms with Crippen LogP contribution in [0.25, 0.3) is 0 Å². The summed E-state index contributed by atoms with van der Waals surface area (Å²) in [5.74, 6) is -1.00. The number of nitrogens with zero attached hydrogens (tertiary/aromatic N) is 1. The van der Waals surface area contributed by atoms with Crippen LogP contribution >= 0.6 is 0 Å². The number of rotatable bonds is 5. The molecule has 0 fully saturated rings. The van der Waals surface area contributed by atoms with Gasteiger partial charge in [0, 0.05) is 13.6 Å². The van der Waals surface area contributed by atoms with Gasteiger partial charge in [-0.15, -0.1) is 0 Å². The number of hydrogen-bond acceptors (Lipinski definition) is 2. The molecule has 0 aliphatic carbocycles. The number of carbonyl (C=O) groups excluding carboxylic acids is 1. The molecule has 0 saturated carbocycles. The van der Waals surface area contributed by atoms with E-state index in [9.17, 15) is 9.59 Å². The minimum atomic E-state index is -1.00. The van der Waals surface area contributed by atoms with Crippen molar-refractivity contribution < 1.29 is 14.7 Å². The molecule has 0 bridgehead atoms. The number of urea groups is 1. The van der Waals surface area contributed by atoms with Crippen molar-refractivity contribution >= 4 is 12.0 Å². The molecule has 0 saturated heterocycles. The minimum absolute atomic E-state index is 0.339. The molecule has 2 amide bonds. The largest absolute Gasteiger partial charge is 0.480 e. The highest BCUT2D eigenvalue weighted by atomic mass is 16.4. The van der Waals surface area contributed by atoms with Gasteiger partial charge in [-0.1, -0.05) is 13.3 Å². The second-order valence-electron chi connectivity index (χ2n) is 3.21. The fourth-order valence-corrected chi connectivity index (χ4v) is 0.838. The van der Waals surface area contributed by atoms with Crippen LogP contribution in [0.1, 0.15) is 26.7 Å². The number of aliphatic carboxylic acids is 1. The first-order valence-corrected chi connectivity index (χ1v) is 4.74. The third-order valence-electron chi connectivity index (χ3n) is 2.07. The van der Waals surface area contributed by atoms with Gasteiger partial charge in [0.1, 0.15) is 6.04 Å². The lowest BCUT2D eigenvalue weighted by molar-refractivity contribution is -0.141. The summed E-state index contributed by atoms with van der Waals surface area (Å²) in [6.07, 6.45) is 1.90. The van der Waals surface area contributed by atoms with Crippen LogP contribution in [0.5, 0.6) is 0 Å². The molecule has 0 aromatic heterocycles. The molecule has 0 aliphatic rings. The number of unbranched alkanes of at least 4 members (excludes halogenated alkanes) is 1. The molecule has 2 N–H and O–H groups in total. The fourth-order valence-electron chi connectivity index (χ4n) is 0.838. The van der Waals surface area contributed by atoms with Gasteiger partial charge < -0.3 is 15.3 Å². The van der Waals surface area contributed by atoms with Gasteiger partial charge in [-0.25, -0.2) is 9.59 Å². The summed E-state index contributed by atoms with van der Waals surface area (Å²) < 4.78 is 0. The van der Waals surface area contributed by atoms with Crippen molar-refractivity contribution in [2.45, 2.75) is 32.7 Å². The van der Waals surface area contributed by atoms with Crippen LogP contribution in [0.2, 0.25) is 0 Å². The Morgan fingerprint density at radius 2 is 2.07 bits per heavy atom. The smallest absolute Gasteiger partial charge is 0.326 e. The highest BCUT2D eigenvalue weighted by molar-refractivity contribution is 5.82. The molecule has 0 radical (unpaired) electrons. The molecular weight excluding hydrogens is 184 g/mol. The Hall–Kier alpha value is -1.26. The molecule has 1 unspecified atom stereocenters. The lowest BCUT2D eigenvalue weighted by Crippen LogP contribution is -2.45. The molecule has 0 aromatic rings. The first kappa shape index (κ1) is 12.7. The second kappa shape index (κ2) is 6.23. The van der Waals surface area contributed by atoms with Crippen molar-refractivity contribution in [2.75, 3.05) is 13.6 Å². The van der Waals surface area contributed by atoms with Gasteiger partial charge >= 0.3 is 12.0 Å². The van der Waals surface area contributed by atoms with E-state index in [-0.39, 0.29) is 6.03 Å². The molecule has 82 valence electrons. The van der Waals surface area contributed by atoms with E-state index in [0.717, 1.165) is 12.8 Å². The third-order valence-corrected chi connectivity index (χ3v) is 2.07. The van der Waals surface area contributed by atoms with Crippen molar-refractivity contribution in [2.24, 2.45) is 0 Å². The van der Waals surface area contributed by atoms with E-state index < -0.39 is 12.0 Å². The standard InChI is InChI=1S/C9H18N2O3/c1-4-5-6-10-9(14)11(3)7(2)8(12)13/h7H,4-6H2,1-3H3,(H,10,14)(H,12,13). The highest BCUT2D eigenvalue weighted by Crippen LogP contribution is 1.96. The van der Waals surface area contributed by atoms with Gasteiger partial charge in [-0.2, -0.15) is 0 Å². The lowest BCUT2D eigenvalue weighted by Gasteiger charge is -2.21. The first-order chi connectivity index (χ1) is 6.50. The predicted octanol–water partition coefficient (Wildman–Crippen LogP) is 0.901. The van der Waals surface area contributed by atoms with Crippen LogP contribution in [0.15, 0.2) is 0 Å². The third kappa shape index (κ3) is 4.11. The normalized spacial score (nSPS) is 11.9. The Labute approximate surface area is 84.1 Å². The summed E-state index contributed by atoms with van der Waals surface area (Å²) in [7, 11) is 1.47. The molecule has 5 heteroatoms. The monoisotopic (exact) mass is 202 g/mol. The summed E-state index contributed by atoms with van der Waals surface area (Å²) in [5, 5.41) is 11.3. The maximum absolute atomic E-state index is 11.3. The van der Waals surface area contributed by atoms with E-state index in [1.54, 1.807) is 0 Å². The van der Waals surface area contributed by atoms with Crippen molar-refractivity contribution in [1.82, 2.24) is 10.2 Å². The summed E-state index contributed by atoms with van der Waals surface area (Å²) >= 11 is 0. The fraction of sp³-hybridized carbons (Fsp3) is 0.778. The molecule has 0 heterocycles. The SMILES string of the molecule is CCCCNC(=O)N(C)C(C)C(=O)O. The van der Waals surface area contributed by atoms with Crippen LogP contribution in [0, 0.1) is 0 Å². The average molecular weight is 202 g/mol. The van der Waals surface area contributed by atoms with Crippen molar-refractivity contribution in [1.29, 1.82) is 0 Å². The number of carboxylic acid groups (broad SMARTS) is 1. The Morgan fingerprint density at radius 3 is 2.50 bits per heavy atom. The number of carbonyl (C=O) groups is 2. The van der Waals surface area contributed by atoms with E-state index in [1.165, 1.54) is 18.9 Å².